The van der Waals surface area contributed by atoms with Gasteiger partial charge in [-0.15, -0.1) is 0 Å². The van der Waals surface area contributed by atoms with Crippen molar-refractivity contribution in [3.8, 4) is 5.69 Å². The van der Waals surface area contributed by atoms with Gasteiger partial charge < -0.3 is 9.42 Å². The normalized spacial score (nSPS) is 16.8. The molecular weight excluding hydrogens is 332 g/mol. The Kier molecular flexibility index (Phi) is 4.37. The topological polar surface area (TPSA) is 89.0 Å². The standard InChI is InChI=1S/C17H22N8O/c1-12-4-6-15(7-5-12)25-17(19-21-22-25)24-10-8-23(9-11-24)13(2)16-18-14(3)20-26-16/h4-7,13H,8-11H2,1-3H3. The van der Waals surface area contributed by atoms with E-state index in [1.807, 2.05) is 19.1 Å². The monoisotopic (exact) mass is 354 g/mol. The van der Waals surface area contributed by atoms with Gasteiger partial charge in [0.1, 0.15) is 0 Å². The van der Waals surface area contributed by atoms with Gasteiger partial charge in [0.05, 0.1) is 11.7 Å². The Hall–Kier alpha value is -2.81. The zero-order valence-electron chi connectivity index (χ0n) is 15.2. The van der Waals surface area contributed by atoms with Crippen LogP contribution in [-0.2, 0) is 0 Å². The molecule has 1 aliphatic rings. The first kappa shape index (κ1) is 16.6. The largest absolute Gasteiger partial charge is 0.338 e. The van der Waals surface area contributed by atoms with Gasteiger partial charge >= 0.3 is 0 Å². The SMILES string of the molecule is Cc1ccc(-n2nnnc2N2CCN(C(C)c3nc(C)no3)CC2)cc1. The Morgan fingerprint density at radius 3 is 2.42 bits per heavy atom. The minimum absolute atomic E-state index is 0.103. The van der Waals surface area contributed by atoms with Gasteiger partial charge in [0.25, 0.3) is 0 Å². The number of hydrogen-bond acceptors (Lipinski definition) is 8. The number of tetrazole rings is 1. The van der Waals surface area contributed by atoms with E-state index < -0.39 is 0 Å². The van der Waals surface area contributed by atoms with E-state index in [1.165, 1.54) is 5.56 Å². The van der Waals surface area contributed by atoms with Crippen molar-refractivity contribution in [2.45, 2.75) is 26.8 Å². The number of aryl methyl sites for hydroxylation is 2. The van der Waals surface area contributed by atoms with Gasteiger partial charge in [0.15, 0.2) is 5.82 Å². The number of aromatic nitrogens is 6. The minimum atomic E-state index is 0.103. The van der Waals surface area contributed by atoms with Crippen LogP contribution in [0.25, 0.3) is 5.69 Å². The average molecular weight is 354 g/mol. The number of piperazine rings is 1. The molecule has 1 saturated heterocycles. The third-order valence-corrected chi connectivity index (χ3v) is 4.78. The molecule has 1 unspecified atom stereocenters. The predicted octanol–water partition coefficient (Wildman–Crippen LogP) is 1.55. The molecule has 1 aliphatic heterocycles. The first-order valence-electron chi connectivity index (χ1n) is 8.76. The van der Waals surface area contributed by atoms with E-state index >= 15 is 0 Å². The molecule has 3 heterocycles. The maximum Gasteiger partial charge on any atom is 0.250 e. The minimum Gasteiger partial charge on any atom is -0.338 e. The highest BCUT2D eigenvalue weighted by Gasteiger charge is 2.27. The van der Waals surface area contributed by atoms with Gasteiger partial charge in [0.2, 0.25) is 11.8 Å². The molecular formula is C17H22N8O. The molecule has 2 aromatic heterocycles. The number of rotatable bonds is 4. The van der Waals surface area contributed by atoms with Gasteiger partial charge in [-0.1, -0.05) is 28.0 Å². The highest BCUT2D eigenvalue weighted by molar-refractivity contribution is 5.42. The summed E-state index contributed by atoms with van der Waals surface area (Å²) in [6, 6.07) is 8.29. The summed E-state index contributed by atoms with van der Waals surface area (Å²) in [4.78, 5) is 8.89. The first-order chi connectivity index (χ1) is 12.6. The zero-order valence-corrected chi connectivity index (χ0v) is 15.2. The molecule has 0 spiro atoms. The fourth-order valence-electron chi connectivity index (χ4n) is 3.18. The fourth-order valence-corrected chi connectivity index (χ4v) is 3.18. The molecule has 4 rings (SSSR count). The maximum absolute atomic E-state index is 5.31. The molecule has 3 aromatic rings. The quantitative estimate of drug-likeness (QED) is 0.697. The Morgan fingerprint density at radius 1 is 1.04 bits per heavy atom. The van der Waals surface area contributed by atoms with E-state index in [9.17, 15) is 0 Å². The molecule has 26 heavy (non-hydrogen) atoms. The smallest absolute Gasteiger partial charge is 0.250 e. The molecule has 136 valence electrons. The highest BCUT2D eigenvalue weighted by atomic mass is 16.5. The summed E-state index contributed by atoms with van der Waals surface area (Å²) in [5.74, 6) is 2.11. The van der Waals surface area contributed by atoms with E-state index in [0.29, 0.717) is 11.7 Å². The number of anilines is 1. The van der Waals surface area contributed by atoms with E-state index in [2.05, 4.69) is 61.4 Å². The van der Waals surface area contributed by atoms with Crippen molar-refractivity contribution in [3.63, 3.8) is 0 Å². The summed E-state index contributed by atoms with van der Waals surface area (Å²) in [5.41, 5.74) is 2.18. The van der Waals surface area contributed by atoms with Crippen LogP contribution in [0.5, 0.6) is 0 Å². The van der Waals surface area contributed by atoms with Crippen LogP contribution in [0, 0.1) is 13.8 Å². The zero-order chi connectivity index (χ0) is 18.1. The summed E-state index contributed by atoms with van der Waals surface area (Å²) in [5, 5.41) is 16.2. The molecule has 1 fully saturated rings. The second-order valence-electron chi connectivity index (χ2n) is 6.61. The van der Waals surface area contributed by atoms with E-state index in [4.69, 9.17) is 4.52 Å². The van der Waals surface area contributed by atoms with Crippen molar-refractivity contribution in [2.24, 2.45) is 0 Å². The predicted molar refractivity (Wildman–Crippen MR) is 95.1 cm³/mol. The average Bonchev–Trinajstić information content (AvgIpc) is 3.31. The van der Waals surface area contributed by atoms with Gasteiger partial charge in [-0.05, 0) is 43.3 Å². The molecule has 0 radical (unpaired) electrons. The van der Waals surface area contributed by atoms with Crippen LogP contribution in [0.1, 0.15) is 30.2 Å². The number of hydrogen-bond donors (Lipinski definition) is 0. The Labute approximate surface area is 151 Å². The van der Waals surface area contributed by atoms with E-state index in [-0.39, 0.29) is 6.04 Å². The molecule has 0 bridgehead atoms. The molecule has 0 aliphatic carbocycles. The third-order valence-electron chi connectivity index (χ3n) is 4.78. The Balaban J connectivity index is 1.46. The van der Waals surface area contributed by atoms with Crippen molar-refractivity contribution in [1.82, 2.24) is 35.2 Å². The van der Waals surface area contributed by atoms with Crippen molar-refractivity contribution >= 4 is 5.95 Å². The highest BCUT2D eigenvalue weighted by Crippen LogP contribution is 2.23. The molecule has 0 saturated carbocycles. The summed E-state index contributed by atoms with van der Waals surface area (Å²) in [6.07, 6.45) is 0. The third kappa shape index (κ3) is 3.17. The van der Waals surface area contributed by atoms with Gasteiger partial charge in [-0.25, -0.2) is 0 Å². The molecule has 0 N–H and O–H groups in total. The lowest BCUT2D eigenvalue weighted by Gasteiger charge is -2.36. The summed E-state index contributed by atoms with van der Waals surface area (Å²) < 4.78 is 7.10. The van der Waals surface area contributed by atoms with Crippen LogP contribution in [0.3, 0.4) is 0 Å². The molecule has 1 aromatic carbocycles. The molecule has 9 heteroatoms. The van der Waals surface area contributed by atoms with Gasteiger partial charge in [0, 0.05) is 26.2 Å². The second kappa shape index (κ2) is 6.83. The van der Waals surface area contributed by atoms with Gasteiger partial charge in [-0.3, -0.25) is 4.90 Å². The fraction of sp³-hybridized carbons (Fsp3) is 0.471. The first-order valence-corrected chi connectivity index (χ1v) is 8.76. The van der Waals surface area contributed by atoms with Crippen LogP contribution in [-0.4, -0.2) is 61.4 Å². The summed E-state index contributed by atoms with van der Waals surface area (Å²) >= 11 is 0. The lowest BCUT2D eigenvalue weighted by Crippen LogP contribution is -2.48. The van der Waals surface area contributed by atoms with E-state index in [0.717, 1.165) is 37.8 Å². The Morgan fingerprint density at radius 2 is 1.77 bits per heavy atom. The Bertz CT molecular complexity index is 863. The van der Waals surface area contributed by atoms with Crippen molar-refractivity contribution < 1.29 is 4.52 Å². The van der Waals surface area contributed by atoms with Crippen molar-refractivity contribution in [2.75, 3.05) is 31.1 Å². The number of benzene rings is 1. The van der Waals surface area contributed by atoms with E-state index in [1.54, 1.807) is 4.68 Å². The van der Waals surface area contributed by atoms with Crippen LogP contribution in [0.15, 0.2) is 28.8 Å². The molecule has 0 amide bonds. The maximum atomic E-state index is 5.31. The number of nitrogens with zero attached hydrogens (tertiary/aromatic N) is 8. The summed E-state index contributed by atoms with van der Waals surface area (Å²) in [6.45, 7) is 9.43. The lowest BCUT2D eigenvalue weighted by molar-refractivity contribution is 0.163. The van der Waals surface area contributed by atoms with Crippen LogP contribution in [0.4, 0.5) is 5.95 Å². The van der Waals surface area contributed by atoms with Crippen molar-refractivity contribution in [1.29, 1.82) is 0 Å². The second-order valence-corrected chi connectivity index (χ2v) is 6.61. The summed E-state index contributed by atoms with van der Waals surface area (Å²) in [7, 11) is 0. The van der Waals surface area contributed by atoms with Crippen LogP contribution >= 0.6 is 0 Å². The van der Waals surface area contributed by atoms with Crippen LogP contribution in [0.2, 0.25) is 0 Å². The molecule has 1 atom stereocenters. The molecule has 9 nitrogen and oxygen atoms in total. The van der Waals surface area contributed by atoms with Crippen molar-refractivity contribution in [3.05, 3.63) is 41.5 Å². The van der Waals surface area contributed by atoms with Crippen LogP contribution < -0.4 is 4.90 Å². The lowest BCUT2D eigenvalue weighted by atomic mass is 10.2. The van der Waals surface area contributed by atoms with Gasteiger partial charge in [-0.2, -0.15) is 9.67 Å².